The van der Waals surface area contributed by atoms with E-state index < -0.39 is 0 Å². The van der Waals surface area contributed by atoms with Gasteiger partial charge in [0.05, 0.1) is 11.9 Å². The summed E-state index contributed by atoms with van der Waals surface area (Å²) in [4.78, 5) is 1.97. The summed E-state index contributed by atoms with van der Waals surface area (Å²) >= 11 is 0. The van der Waals surface area contributed by atoms with Crippen LogP contribution in [0, 0.1) is 5.41 Å². The number of aromatic nitrogens is 1. The predicted molar refractivity (Wildman–Crippen MR) is 57.7 cm³/mol. The first-order valence-electron chi connectivity index (χ1n) is 4.90. The van der Waals surface area contributed by atoms with Crippen LogP contribution in [0.25, 0.3) is 0 Å². The lowest BCUT2D eigenvalue weighted by atomic mass is 10.3. The number of hydrogen-bond acceptors (Lipinski definition) is 5. The van der Waals surface area contributed by atoms with Crippen molar-refractivity contribution in [3.63, 3.8) is 0 Å². The predicted octanol–water partition coefficient (Wildman–Crippen LogP) is -0.0305. The molecular formula is C9H15N5O. The molecule has 6 nitrogen and oxygen atoms in total. The first kappa shape index (κ1) is 9.70. The molecular weight excluding hydrogens is 194 g/mol. The molecule has 1 aromatic rings. The van der Waals surface area contributed by atoms with Crippen LogP contribution in [0.4, 0.5) is 17.2 Å². The molecule has 0 atom stereocenters. The summed E-state index contributed by atoms with van der Waals surface area (Å²) in [5.41, 5.74) is 11.7. The highest BCUT2D eigenvalue weighted by Crippen LogP contribution is 2.24. The SMILES string of the molecule is N=c1c(N)cn(O)c(N2CCCC2)c1N. The summed E-state index contributed by atoms with van der Waals surface area (Å²) in [7, 11) is 0. The van der Waals surface area contributed by atoms with Gasteiger partial charge in [0.15, 0.2) is 5.82 Å². The van der Waals surface area contributed by atoms with E-state index in [2.05, 4.69) is 0 Å². The minimum Gasteiger partial charge on any atom is -0.427 e. The molecule has 1 fully saturated rings. The third kappa shape index (κ3) is 1.47. The summed E-state index contributed by atoms with van der Waals surface area (Å²) in [5.74, 6) is 0.478. The molecule has 1 aliphatic heterocycles. The number of nitrogens with two attached hydrogens (primary N) is 2. The maximum atomic E-state index is 9.69. The fourth-order valence-corrected chi connectivity index (χ4v) is 1.89. The van der Waals surface area contributed by atoms with Gasteiger partial charge >= 0.3 is 0 Å². The van der Waals surface area contributed by atoms with E-state index in [1.165, 1.54) is 6.20 Å². The summed E-state index contributed by atoms with van der Waals surface area (Å²) in [5, 5.41) is 17.4. The molecule has 1 aromatic heterocycles. The van der Waals surface area contributed by atoms with Crippen molar-refractivity contribution in [1.82, 2.24) is 4.73 Å². The zero-order chi connectivity index (χ0) is 11.0. The Morgan fingerprint density at radius 3 is 2.47 bits per heavy atom. The second kappa shape index (κ2) is 3.38. The first-order valence-corrected chi connectivity index (χ1v) is 4.90. The normalized spacial score (nSPS) is 15.9. The second-order valence-electron chi connectivity index (χ2n) is 3.74. The largest absolute Gasteiger partial charge is 0.427 e. The van der Waals surface area contributed by atoms with E-state index >= 15 is 0 Å². The third-order valence-electron chi connectivity index (χ3n) is 2.68. The summed E-state index contributed by atoms with van der Waals surface area (Å²) in [6, 6.07) is 0. The van der Waals surface area contributed by atoms with Crippen molar-refractivity contribution in [2.75, 3.05) is 29.5 Å². The third-order valence-corrected chi connectivity index (χ3v) is 2.68. The Hall–Kier alpha value is -1.85. The molecule has 0 aliphatic carbocycles. The van der Waals surface area contributed by atoms with Gasteiger partial charge < -0.3 is 21.6 Å². The van der Waals surface area contributed by atoms with E-state index in [1.54, 1.807) is 0 Å². The van der Waals surface area contributed by atoms with Crippen LogP contribution in [0.2, 0.25) is 0 Å². The zero-order valence-corrected chi connectivity index (χ0v) is 8.40. The summed E-state index contributed by atoms with van der Waals surface area (Å²) in [6.45, 7) is 1.71. The van der Waals surface area contributed by atoms with Crippen LogP contribution in [0.3, 0.4) is 0 Å². The Bertz CT molecular complexity index is 433. The molecule has 0 unspecified atom stereocenters. The second-order valence-corrected chi connectivity index (χ2v) is 3.74. The number of nitrogens with one attached hydrogen (secondary N) is 1. The fourth-order valence-electron chi connectivity index (χ4n) is 1.89. The van der Waals surface area contributed by atoms with Gasteiger partial charge in [0.1, 0.15) is 11.0 Å². The number of nitrogens with zero attached hydrogens (tertiary/aromatic N) is 2. The Morgan fingerprint density at radius 2 is 1.87 bits per heavy atom. The van der Waals surface area contributed by atoms with Crippen molar-refractivity contribution in [1.29, 1.82) is 5.41 Å². The molecule has 82 valence electrons. The van der Waals surface area contributed by atoms with Crippen molar-refractivity contribution in [3.8, 4) is 0 Å². The van der Waals surface area contributed by atoms with Crippen molar-refractivity contribution >= 4 is 17.2 Å². The van der Waals surface area contributed by atoms with E-state index in [0.717, 1.165) is 30.7 Å². The summed E-state index contributed by atoms with van der Waals surface area (Å²) in [6.07, 6.45) is 3.47. The Labute approximate surface area is 87.2 Å². The van der Waals surface area contributed by atoms with Gasteiger partial charge in [-0.15, -0.1) is 0 Å². The number of anilines is 3. The quantitative estimate of drug-likeness (QED) is 0.487. The fraction of sp³-hybridized carbons (Fsp3) is 0.444. The monoisotopic (exact) mass is 209 g/mol. The van der Waals surface area contributed by atoms with Crippen LogP contribution in [-0.2, 0) is 0 Å². The van der Waals surface area contributed by atoms with Crippen molar-refractivity contribution in [3.05, 3.63) is 11.6 Å². The standard InChI is InChI=1S/C9H15N5O/c10-6-5-14(15)9(8(12)7(6)11)13-3-1-2-4-13/h5,11,15H,1-4,10,12H2. The molecule has 1 saturated heterocycles. The molecule has 2 heterocycles. The number of rotatable bonds is 1. The minimum atomic E-state index is 0.0854. The van der Waals surface area contributed by atoms with Crippen LogP contribution in [0.1, 0.15) is 12.8 Å². The molecule has 0 saturated carbocycles. The average molecular weight is 209 g/mol. The molecule has 0 bridgehead atoms. The van der Waals surface area contributed by atoms with E-state index in [-0.39, 0.29) is 16.7 Å². The number of nitrogen functional groups attached to an aromatic ring is 2. The van der Waals surface area contributed by atoms with Crippen molar-refractivity contribution in [2.45, 2.75) is 12.8 Å². The maximum Gasteiger partial charge on any atom is 0.170 e. The van der Waals surface area contributed by atoms with E-state index in [4.69, 9.17) is 16.9 Å². The Balaban J connectivity index is 2.55. The maximum absolute atomic E-state index is 9.69. The Morgan fingerprint density at radius 1 is 1.27 bits per heavy atom. The molecule has 0 amide bonds. The minimum absolute atomic E-state index is 0.0854. The first-order chi connectivity index (χ1) is 7.11. The highest BCUT2D eigenvalue weighted by atomic mass is 16.5. The highest BCUT2D eigenvalue weighted by molar-refractivity contribution is 5.66. The average Bonchev–Trinajstić information content (AvgIpc) is 2.68. The van der Waals surface area contributed by atoms with Crippen LogP contribution in [-0.4, -0.2) is 23.0 Å². The van der Waals surface area contributed by atoms with Gasteiger partial charge in [-0.1, -0.05) is 0 Å². The molecule has 15 heavy (non-hydrogen) atoms. The van der Waals surface area contributed by atoms with Crippen molar-refractivity contribution < 1.29 is 5.21 Å². The molecule has 0 radical (unpaired) electrons. The van der Waals surface area contributed by atoms with Crippen LogP contribution < -0.4 is 21.7 Å². The lowest BCUT2D eigenvalue weighted by Crippen LogP contribution is -2.28. The molecule has 0 spiro atoms. The van der Waals surface area contributed by atoms with Gasteiger partial charge in [-0.25, -0.2) is 0 Å². The van der Waals surface area contributed by atoms with Gasteiger partial charge in [0, 0.05) is 13.1 Å². The topological polar surface area (TPSA) is 104 Å². The lowest BCUT2D eigenvalue weighted by Gasteiger charge is -2.21. The molecule has 1 aliphatic rings. The van der Waals surface area contributed by atoms with E-state index in [1.807, 2.05) is 4.90 Å². The van der Waals surface area contributed by atoms with Gasteiger partial charge in [0.2, 0.25) is 0 Å². The lowest BCUT2D eigenvalue weighted by molar-refractivity contribution is 0.188. The van der Waals surface area contributed by atoms with Crippen molar-refractivity contribution in [2.24, 2.45) is 0 Å². The van der Waals surface area contributed by atoms with Gasteiger partial charge in [0.25, 0.3) is 0 Å². The van der Waals surface area contributed by atoms with Gasteiger partial charge in [-0.3, -0.25) is 5.41 Å². The molecule has 6 heteroatoms. The Kier molecular flexibility index (Phi) is 2.18. The van der Waals surface area contributed by atoms with Crippen LogP contribution in [0.15, 0.2) is 6.20 Å². The van der Waals surface area contributed by atoms with Crippen LogP contribution in [0.5, 0.6) is 0 Å². The number of hydrogen-bond donors (Lipinski definition) is 4. The molecule has 6 N–H and O–H groups in total. The van der Waals surface area contributed by atoms with E-state index in [0.29, 0.717) is 5.82 Å². The molecule has 2 rings (SSSR count). The summed E-state index contributed by atoms with van der Waals surface area (Å²) < 4.78 is 0.911. The van der Waals surface area contributed by atoms with E-state index in [9.17, 15) is 5.21 Å². The van der Waals surface area contributed by atoms with Gasteiger partial charge in [-0.05, 0) is 12.8 Å². The highest BCUT2D eigenvalue weighted by Gasteiger charge is 2.19. The zero-order valence-electron chi connectivity index (χ0n) is 8.40. The number of pyridine rings is 1. The smallest absolute Gasteiger partial charge is 0.170 e. The molecule has 0 aromatic carbocycles. The van der Waals surface area contributed by atoms with Crippen LogP contribution >= 0.6 is 0 Å². The van der Waals surface area contributed by atoms with Gasteiger partial charge in [-0.2, -0.15) is 4.73 Å².